The Bertz CT molecular complexity index is 1020. The summed E-state index contributed by atoms with van der Waals surface area (Å²) < 4.78 is 15.6. The smallest absolute Gasteiger partial charge is 0.346 e. The van der Waals surface area contributed by atoms with Crippen LogP contribution in [0.15, 0.2) is 54.2 Å². The van der Waals surface area contributed by atoms with Crippen LogP contribution < -0.4 is 0 Å². The maximum absolute atomic E-state index is 13.6. The molecule has 0 saturated heterocycles. The lowest BCUT2D eigenvalue weighted by atomic mass is 10.1. The Morgan fingerprint density at radius 1 is 1.32 bits per heavy atom. The number of hydrogen-bond acceptors (Lipinski definition) is 2. The van der Waals surface area contributed by atoms with E-state index in [1.165, 1.54) is 18.2 Å². The van der Waals surface area contributed by atoms with Crippen molar-refractivity contribution in [2.45, 2.75) is 13.5 Å². The summed E-state index contributed by atoms with van der Waals surface area (Å²) in [6, 6.07) is 14.1. The Labute approximate surface area is 144 Å². The fourth-order valence-electron chi connectivity index (χ4n) is 2.92. The molecule has 5 heteroatoms. The predicted molar refractivity (Wildman–Crippen MR) is 93.4 cm³/mol. The molecule has 124 valence electrons. The number of carboxylic acids is 1. The molecule has 3 aromatic rings. The molecule has 25 heavy (non-hydrogen) atoms. The van der Waals surface area contributed by atoms with Crippen LogP contribution in [0.2, 0.25) is 0 Å². The van der Waals surface area contributed by atoms with Crippen molar-refractivity contribution in [1.82, 2.24) is 4.57 Å². The van der Waals surface area contributed by atoms with Crippen molar-refractivity contribution in [3.63, 3.8) is 0 Å². The number of carbonyl (C=O) groups is 1. The Kier molecular flexibility index (Phi) is 4.36. The Balaban J connectivity index is 2.11. The number of aliphatic carboxylic acids is 1. The van der Waals surface area contributed by atoms with Gasteiger partial charge >= 0.3 is 5.97 Å². The van der Waals surface area contributed by atoms with Gasteiger partial charge in [0, 0.05) is 29.2 Å². The lowest BCUT2D eigenvalue weighted by Gasteiger charge is -2.07. The van der Waals surface area contributed by atoms with Gasteiger partial charge in [-0.3, -0.25) is 0 Å². The van der Waals surface area contributed by atoms with Crippen LogP contribution in [0.3, 0.4) is 0 Å². The minimum absolute atomic E-state index is 0.288. The van der Waals surface area contributed by atoms with Gasteiger partial charge in [-0.05, 0) is 42.3 Å². The minimum Gasteiger partial charge on any atom is -0.477 e. The monoisotopic (exact) mass is 334 g/mol. The third-order valence-corrected chi connectivity index (χ3v) is 3.92. The molecule has 0 bridgehead atoms. The van der Waals surface area contributed by atoms with Gasteiger partial charge < -0.3 is 9.67 Å². The number of aromatic nitrogens is 1. The van der Waals surface area contributed by atoms with Crippen molar-refractivity contribution < 1.29 is 14.3 Å². The number of para-hydroxylation sites is 1. The van der Waals surface area contributed by atoms with E-state index in [2.05, 4.69) is 0 Å². The van der Waals surface area contributed by atoms with Gasteiger partial charge in [0.05, 0.1) is 0 Å². The number of nitrogens with zero attached hydrogens (tertiary/aromatic N) is 2. The van der Waals surface area contributed by atoms with Crippen LogP contribution in [0.1, 0.15) is 16.7 Å². The number of hydrogen-bond donors (Lipinski definition) is 1. The molecular formula is C20H15FN2O2. The summed E-state index contributed by atoms with van der Waals surface area (Å²) in [5.41, 5.74) is 2.85. The first kappa shape index (κ1) is 16.5. The number of halogens is 1. The summed E-state index contributed by atoms with van der Waals surface area (Å²) >= 11 is 0. The zero-order chi connectivity index (χ0) is 18.0. The number of rotatable bonds is 4. The predicted octanol–water partition coefficient (Wildman–Crippen LogP) is 4.13. The molecule has 0 spiro atoms. The lowest BCUT2D eigenvalue weighted by molar-refractivity contribution is -0.132. The first-order chi connectivity index (χ1) is 12.0. The van der Waals surface area contributed by atoms with E-state index in [1.54, 1.807) is 12.3 Å². The van der Waals surface area contributed by atoms with Crippen LogP contribution in [0.5, 0.6) is 0 Å². The maximum Gasteiger partial charge on any atom is 0.346 e. The Morgan fingerprint density at radius 3 is 2.76 bits per heavy atom. The zero-order valence-electron chi connectivity index (χ0n) is 13.5. The number of aryl methyl sites for hydroxylation is 1. The maximum atomic E-state index is 13.6. The molecule has 0 radical (unpaired) electrons. The van der Waals surface area contributed by atoms with Crippen LogP contribution in [0, 0.1) is 24.1 Å². The normalized spacial score (nSPS) is 11.5. The summed E-state index contributed by atoms with van der Waals surface area (Å²) in [7, 11) is 0. The summed E-state index contributed by atoms with van der Waals surface area (Å²) in [4.78, 5) is 11.1. The van der Waals surface area contributed by atoms with Gasteiger partial charge in [-0.25, -0.2) is 9.18 Å². The van der Waals surface area contributed by atoms with Gasteiger partial charge in [0.15, 0.2) is 0 Å². The molecule has 1 N–H and O–H groups in total. The van der Waals surface area contributed by atoms with Gasteiger partial charge in [0.2, 0.25) is 0 Å². The molecule has 2 aromatic carbocycles. The molecule has 0 saturated carbocycles. The number of nitriles is 1. The van der Waals surface area contributed by atoms with E-state index in [1.807, 2.05) is 41.8 Å². The molecule has 0 fully saturated rings. The molecule has 1 aromatic heterocycles. The Morgan fingerprint density at radius 2 is 2.08 bits per heavy atom. The number of fused-ring (bicyclic) bond motifs is 1. The van der Waals surface area contributed by atoms with E-state index in [0.717, 1.165) is 22.0 Å². The van der Waals surface area contributed by atoms with Crippen molar-refractivity contribution in [2.24, 2.45) is 0 Å². The molecule has 0 unspecified atom stereocenters. The first-order valence-corrected chi connectivity index (χ1v) is 7.67. The molecule has 3 rings (SSSR count). The molecule has 0 aliphatic rings. The lowest BCUT2D eigenvalue weighted by Crippen LogP contribution is -1.99. The second-order valence-corrected chi connectivity index (χ2v) is 5.84. The third kappa shape index (κ3) is 3.43. The van der Waals surface area contributed by atoms with E-state index in [-0.39, 0.29) is 11.4 Å². The molecule has 4 nitrogen and oxygen atoms in total. The standard InChI is InChI=1S/C20H15FN2O2/c1-13-6-14(8-17(21)7-13)11-23-12-16(9-15(10-22)20(24)25)18-4-2-3-5-19(18)23/h2-9,12H,11H2,1H3,(H,24,25)/b15-9+. The van der Waals surface area contributed by atoms with Gasteiger partial charge in [0.1, 0.15) is 17.5 Å². The Hall–Kier alpha value is -3.39. The summed E-state index contributed by atoms with van der Waals surface area (Å²) in [5, 5.41) is 18.9. The summed E-state index contributed by atoms with van der Waals surface area (Å²) in [6.07, 6.45) is 3.14. The second-order valence-electron chi connectivity index (χ2n) is 5.84. The van der Waals surface area contributed by atoms with Crippen LogP contribution >= 0.6 is 0 Å². The molecule has 0 aliphatic heterocycles. The molecule has 0 amide bonds. The van der Waals surface area contributed by atoms with E-state index in [4.69, 9.17) is 10.4 Å². The SMILES string of the molecule is Cc1cc(F)cc(Cn2cc(/C=C(\C#N)C(=O)O)c3ccccc32)c1. The quantitative estimate of drug-likeness (QED) is 0.576. The van der Waals surface area contributed by atoms with Crippen molar-refractivity contribution in [1.29, 1.82) is 5.26 Å². The number of benzene rings is 2. The molecule has 1 heterocycles. The van der Waals surface area contributed by atoms with E-state index in [9.17, 15) is 9.18 Å². The van der Waals surface area contributed by atoms with Crippen LogP contribution in [-0.4, -0.2) is 15.6 Å². The largest absolute Gasteiger partial charge is 0.477 e. The fraction of sp³-hybridized carbons (Fsp3) is 0.100. The third-order valence-electron chi connectivity index (χ3n) is 3.92. The number of carboxylic acid groups (broad SMARTS) is 1. The highest BCUT2D eigenvalue weighted by molar-refractivity contribution is 6.00. The van der Waals surface area contributed by atoms with Gasteiger partial charge in [0.25, 0.3) is 0 Å². The highest BCUT2D eigenvalue weighted by Crippen LogP contribution is 2.25. The average molecular weight is 334 g/mol. The zero-order valence-corrected chi connectivity index (χ0v) is 13.5. The molecular weight excluding hydrogens is 319 g/mol. The summed E-state index contributed by atoms with van der Waals surface area (Å²) in [6.45, 7) is 2.28. The topological polar surface area (TPSA) is 66.0 Å². The highest BCUT2D eigenvalue weighted by Gasteiger charge is 2.11. The highest BCUT2D eigenvalue weighted by atomic mass is 19.1. The van der Waals surface area contributed by atoms with Gasteiger partial charge in [-0.2, -0.15) is 5.26 Å². The van der Waals surface area contributed by atoms with E-state index < -0.39 is 5.97 Å². The van der Waals surface area contributed by atoms with Crippen molar-refractivity contribution >= 4 is 22.9 Å². The van der Waals surface area contributed by atoms with Crippen LogP contribution in [0.25, 0.3) is 17.0 Å². The average Bonchev–Trinajstić information content (AvgIpc) is 2.89. The van der Waals surface area contributed by atoms with Crippen LogP contribution in [0.4, 0.5) is 4.39 Å². The van der Waals surface area contributed by atoms with Crippen molar-refractivity contribution in [3.05, 3.63) is 76.7 Å². The summed E-state index contributed by atoms with van der Waals surface area (Å²) in [5.74, 6) is -1.55. The van der Waals surface area contributed by atoms with E-state index in [0.29, 0.717) is 12.1 Å². The van der Waals surface area contributed by atoms with Crippen molar-refractivity contribution in [2.75, 3.05) is 0 Å². The van der Waals surface area contributed by atoms with Gasteiger partial charge in [-0.15, -0.1) is 0 Å². The fourth-order valence-corrected chi connectivity index (χ4v) is 2.92. The molecule has 0 atom stereocenters. The minimum atomic E-state index is -1.26. The van der Waals surface area contributed by atoms with Crippen LogP contribution in [-0.2, 0) is 11.3 Å². The molecule has 0 aliphatic carbocycles. The van der Waals surface area contributed by atoms with Gasteiger partial charge in [-0.1, -0.05) is 24.3 Å². The van der Waals surface area contributed by atoms with Crippen molar-refractivity contribution in [3.8, 4) is 6.07 Å². The first-order valence-electron chi connectivity index (χ1n) is 7.67. The second kappa shape index (κ2) is 6.62. The van der Waals surface area contributed by atoms with E-state index >= 15 is 0 Å².